The van der Waals surface area contributed by atoms with Crippen LogP contribution in [0.25, 0.3) is 0 Å². The van der Waals surface area contributed by atoms with E-state index in [9.17, 15) is 0 Å². The molecule has 3 aliphatic carbocycles. The minimum Gasteiger partial charge on any atom is -0.403 e. The average Bonchev–Trinajstić information content (AvgIpc) is 2.38. The summed E-state index contributed by atoms with van der Waals surface area (Å²) in [4.78, 5) is 0. The molecule has 0 aromatic rings. The zero-order valence-electron chi connectivity index (χ0n) is 13.0. The van der Waals surface area contributed by atoms with Gasteiger partial charge in [0.25, 0.3) is 0 Å². The highest BCUT2D eigenvalue weighted by Crippen LogP contribution is 2.81. The Labute approximate surface area is 117 Å². The van der Waals surface area contributed by atoms with Gasteiger partial charge in [-0.25, -0.2) is 0 Å². The van der Waals surface area contributed by atoms with Crippen LogP contribution in [0.3, 0.4) is 0 Å². The molecule has 0 N–H and O–H groups in total. The van der Waals surface area contributed by atoms with Gasteiger partial charge in [0.15, 0.2) is 0 Å². The number of rotatable bonds is 5. The summed E-state index contributed by atoms with van der Waals surface area (Å²) in [5.74, 6) is 0. The fourth-order valence-electron chi connectivity index (χ4n) is 4.13. The van der Waals surface area contributed by atoms with Crippen molar-refractivity contribution in [2.24, 2.45) is 5.41 Å². The second-order valence-corrected chi connectivity index (χ2v) is 7.93. The standard InChI is InChI=1S/C15H27BO3/c1-6-17-8-7-14-9-15(10-14,11-14)16-18-12(2,3)13(4,5)19-16/h6-11H2,1-5H3. The van der Waals surface area contributed by atoms with Gasteiger partial charge in [0, 0.05) is 18.5 Å². The first-order valence-corrected chi connectivity index (χ1v) is 7.68. The van der Waals surface area contributed by atoms with Crippen LogP contribution in [-0.4, -0.2) is 31.5 Å². The minimum atomic E-state index is -0.189. The van der Waals surface area contributed by atoms with Gasteiger partial charge in [-0.05, 0) is 65.7 Å². The third kappa shape index (κ3) is 1.90. The lowest BCUT2D eigenvalue weighted by Gasteiger charge is -2.71. The number of ether oxygens (including phenoxy) is 1. The average molecular weight is 266 g/mol. The molecule has 0 aromatic heterocycles. The molecular formula is C15H27BO3. The molecule has 1 saturated heterocycles. The van der Waals surface area contributed by atoms with Crippen molar-refractivity contribution in [1.29, 1.82) is 0 Å². The molecule has 0 spiro atoms. The Bertz CT molecular complexity index is 342. The molecule has 0 aromatic carbocycles. The van der Waals surface area contributed by atoms with E-state index >= 15 is 0 Å². The molecule has 2 bridgehead atoms. The van der Waals surface area contributed by atoms with Gasteiger partial charge in [-0.3, -0.25) is 0 Å². The first-order valence-electron chi connectivity index (χ1n) is 7.68. The fourth-order valence-corrected chi connectivity index (χ4v) is 4.13. The van der Waals surface area contributed by atoms with E-state index in [1.54, 1.807) is 0 Å². The van der Waals surface area contributed by atoms with Crippen molar-refractivity contribution in [2.45, 2.75) is 76.8 Å². The Morgan fingerprint density at radius 3 is 2.00 bits per heavy atom. The Morgan fingerprint density at radius 2 is 1.53 bits per heavy atom. The minimum absolute atomic E-state index is 0.00599. The van der Waals surface area contributed by atoms with Crippen molar-refractivity contribution in [3.63, 3.8) is 0 Å². The van der Waals surface area contributed by atoms with Gasteiger partial charge in [-0.2, -0.15) is 0 Å². The maximum absolute atomic E-state index is 6.23. The highest BCUT2D eigenvalue weighted by atomic mass is 16.7. The maximum atomic E-state index is 6.23. The molecule has 4 rings (SSSR count). The summed E-state index contributed by atoms with van der Waals surface area (Å²) in [6.07, 6.45) is 5.01. The monoisotopic (exact) mass is 266 g/mol. The van der Waals surface area contributed by atoms with Crippen LogP contribution in [0.2, 0.25) is 5.31 Å². The number of hydrogen-bond donors (Lipinski definition) is 0. The lowest BCUT2D eigenvalue weighted by atomic mass is 9.23. The van der Waals surface area contributed by atoms with E-state index in [0.29, 0.717) is 10.7 Å². The quantitative estimate of drug-likeness (QED) is 0.563. The van der Waals surface area contributed by atoms with E-state index in [-0.39, 0.29) is 18.3 Å². The molecule has 19 heavy (non-hydrogen) atoms. The summed E-state index contributed by atoms with van der Waals surface area (Å²) in [6, 6.07) is 0. The first-order chi connectivity index (χ1) is 8.74. The lowest BCUT2D eigenvalue weighted by Crippen LogP contribution is -2.64. The maximum Gasteiger partial charge on any atom is 0.464 e. The summed E-state index contributed by atoms with van der Waals surface area (Å²) < 4.78 is 17.9. The molecule has 108 valence electrons. The van der Waals surface area contributed by atoms with Gasteiger partial charge in [0.2, 0.25) is 0 Å². The van der Waals surface area contributed by atoms with Crippen molar-refractivity contribution in [1.82, 2.24) is 0 Å². The molecule has 1 heterocycles. The topological polar surface area (TPSA) is 27.7 Å². The van der Waals surface area contributed by atoms with Gasteiger partial charge >= 0.3 is 7.12 Å². The lowest BCUT2D eigenvalue weighted by molar-refractivity contribution is -0.126. The molecule has 4 aliphatic rings. The van der Waals surface area contributed by atoms with E-state index in [0.717, 1.165) is 13.2 Å². The smallest absolute Gasteiger partial charge is 0.403 e. The van der Waals surface area contributed by atoms with Crippen molar-refractivity contribution in [2.75, 3.05) is 13.2 Å². The normalized spacial score (nSPS) is 41.8. The largest absolute Gasteiger partial charge is 0.464 e. The van der Waals surface area contributed by atoms with E-state index in [1.807, 2.05) is 0 Å². The van der Waals surface area contributed by atoms with Crippen molar-refractivity contribution in [3.8, 4) is 0 Å². The first kappa shape index (κ1) is 13.9. The van der Waals surface area contributed by atoms with Crippen LogP contribution in [0.5, 0.6) is 0 Å². The molecule has 0 amide bonds. The fraction of sp³-hybridized carbons (Fsp3) is 1.00. The van der Waals surface area contributed by atoms with Gasteiger partial charge in [-0.1, -0.05) is 0 Å². The summed E-state index contributed by atoms with van der Waals surface area (Å²) >= 11 is 0. The highest BCUT2D eigenvalue weighted by molar-refractivity contribution is 6.51. The molecule has 0 unspecified atom stereocenters. The third-order valence-corrected chi connectivity index (χ3v) is 5.92. The van der Waals surface area contributed by atoms with Crippen LogP contribution in [0, 0.1) is 5.41 Å². The predicted molar refractivity (Wildman–Crippen MR) is 76.2 cm³/mol. The molecule has 3 nitrogen and oxygen atoms in total. The molecule has 4 fully saturated rings. The zero-order valence-corrected chi connectivity index (χ0v) is 13.0. The molecule has 0 atom stereocenters. The van der Waals surface area contributed by atoms with E-state index < -0.39 is 0 Å². The van der Waals surface area contributed by atoms with E-state index in [2.05, 4.69) is 34.6 Å². The summed E-state index contributed by atoms with van der Waals surface area (Å²) in [7, 11) is 0.00599. The number of hydrogen-bond acceptors (Lipinski definition) is 3. The van der Waals surface area contributed by atoms with Crippen LogP contribution in [-0.2, 0) is 14.0 Å². The Balaban J connectivity index is 1.55. The van der Waals surface area contributed by atoms with Crippen LogP contribution >= 0.6 is 0 Å². The molecule has 0 radical (unpaired) electrons. The summed E-state index contributed by atoms with van der Waals surface area (Å²) in [5, 5.41) is 0.317. The van der Waals surface area contributed by atoms with E-state index in [4.69, 9.17) is 14.0 Å². The SMILES string of the molecule is CCOCCC12CC(B3OC(C)(C)C(C)(C)O3)(C1)C2. The van der Waals surface area contributed by atoms with Gasteiger partial charge in [-0.15, -0.1) is 0 Å². The Kier molecular flexibility index (Phi) is 2.92. The molecule has 1 aliphatic heterocycles. The van der Waals surface area contributed by atoms with Crippen molar-refractivity contribution >= 4 is 7.12 Å². The predicted octanol–water partition coefficient (Wildman–Crippen LogP) is 3.43. The molecule has 4 heteroatoms. The second-order valence-electron chi connectivity index (χ2n) is 7.93. The highest BCUT2D eigenvalue weighted by Gasteiger charge is 2.75. The van der Waals surface area contributed by atoms with Crippen LogP contribution in [0.4, 0.5) is 0 Å². The van der Waals surface area contributed by atoms with E-state index in [1.165, 1.54) is 25.7 Å². The van der Waals surface area contributed by atoms with Crippen LogP contribution in [0.1, 0.15) is 60.3 Å². The van der Waals surface area contributed by atoms with Gasteiger partial charge < -0.3 is 14.0 Å². The summed E-state index contributed by atoms with van der Waals surface area (Å²) in [6.45, 7) is 12.4. The molecular weight excluding hydrogens is 239 g/mol. The Morgan fingerprint density at radius 1 is 1.00 bits per heavy atom. The van der Waals surface area contributed by atoms with Crippen molar-refractivity contribution in [3.05, 3.63) is 0 Å². The summed E-state index contributed by atoms with van der Waals surface area (Å²) in [5.41, 5.74) is 0.177. The Hall–Kier alpha value is -0.0551. The second kappa shape index (κ2) is 3.99. The van der Waals surface area contributed by atoms with Crippen molar-refractivity contribution < 1.29 is 14.0 Å². The third-order valence-electron chi connectivity index (χ3n) is 5.92. The van der Waals surface area contributed by atoms with Gasteiger partial charge in [0.05, 0.1) is 11.2 Å². The zero-order chi connectivity index (χ0) is 13.9. The van der Waals surface area contributed by atoms with Crippen LogP contribution in [0.15, 0.2) is 0 Å². The van der Waals surface area contributed by atoms with Crippen LogP contribution < -0.4 is 0 Å². The van der Waals surface area contributed by atoms with Gasteiger partial charge in [0.1, 0.15) is 0 Å². The molecule has 3 saturated carbocycles.